The zero-order chi connectivity index (χ0) is 22.8. The molecule has 1 aromatic carbocycles. The third-order valence-electron chi connectivity index (χ3n) is 6.33. The molecule has 1 aliphatic heterocycles. The zero-order valence-corrected chi connectivity index (χ0v) is 19.1. The van der Waals surface area contributed by atoms with Crippen LogP contribution in [0.4, 0.5) is 0 Å². The molecule has 3 aromatic rings. The lowest BCUT2D eigenvalue weighted by Crippen LogP contribution is -2.55. The summed E-state index contributed by atoms with van der Waals surface area (Å²) in [4.78, 5) is 29.5. The van der Waals surface area contributed by atoms with Gasteiger partial charge in [-0.05, 0) is 39.8 Å². The largest absolute Gasteiger partial charge is 0.459 e. The van der Waals surface area contributed by atoms with Crippen LogP contribution < -0.4 is 5.32 Å². The van der Waals surface area contributed by atoms with Crippen molar-refractivity contribution in [3.8, 4) is 0 Å². The normalized spacial score (nSPS) is 16.8. The third-order valence-corrected chi connectivity index (χ3v) is 6.33. The highest BCUT2D eigenvalue weighted by Crippen LogP contribution is 2.24. The minimum atomic E-state index is -0.290. The van der Waals surface area contributed by atoms with Gasteiger partial charge in [-0.3, -0.25) is 14.5 Å². The average molecular weight is 439 g/mol. The van der Waals surface area contributed by atoms with Crippen molar-refractivity contribution in [1.29, 1.82) is 0 Å². The second-order valence-electron chi connectivity index (χ2n) is 8.49. The molecular formula is C24H30N4O4. The van der Waals surface area contributed by atoms with Crippen LogP contribution in [0.25, 0.3) is 11.0 Å². The van der Waals surface area contributed by atoms with Gasteiger partial charge in [0.15, 0.2) is 0 Å². The van der Waals surface area contributed by atoms with Crippen molar-refractivity contribution >= 4 is 22.8 Å². The van der Waals surface area contributed by atoms with Crippen LogP contribution in [0.15, 0.2) is 39.3 Å². The minimum absolute atomic E-state index is 0.0477. The Bertz CT molecular complexity index is 1060. The van der Waals surface area contributed by atoms with Crippen molar-refractivity contribution in [2.75, 3.05) is 26.2 Å². The van der Waals surface area contributed by atoms with E-state index in [4.69, 9.17) is 8.94 Å². The topological polar surface area (TPSA) is 91.8 Å². The number of nitrogens with zero attached hydrogens (tertiary/aromatic N) is 3. The molecule has 0 saturated carbocycles. The van der Waals surface area contributed by atoms with Crippen LogP contribution >= 0.6 is 0 Å². The molecule has 0 radical (unpaired) electrons. The fraction of sp³-hybridized carbons (Fsp3) is 0.458. The molecule has 2 atom stereocenters. The van der Waals surface area contributed by atoms with Gasteiger partial charge in [0.1, 0.15) is 17.1 Å². The number of benzene rings is 1. The van der Waals surface area contributed by atoms with Gasteiger partial charge in [0.25, 0.3) is 0 Å². The van der Waals surface area contributed by atoms with Crippen LogP contribution in [-0.2, 0) is 16.0 Å². The van der Waals surface area contributed by atoms with E-state index in [1.165, 1.54) is 0 Å². The van der Waals surface area contributed by atoms with Gasteiger partial charge in [-0.25, -0.2) is 0 Å². The Balaban J connectivity index is 1.29. The summed E-state index contributed by atoms with van der Waals surface area (Å²) >= 11 is 0. The predicted molar refractivity (Wildman–Crippen MR) is 120 cm³/mol. The van der Waals surface area contributed by atoms with Crippen molar-refractivity contribution in [2.24, 2.45) is 0 Å². The van der Waals surface area contributed by atoms with Crippen molar-refractivity contribution in [3.05, 3.63) is 53.1 Å². The Labute approximate surface area is 187 Å². The summed E-state index contributed by atoms with van der Waals surface area (Å²) in [5.74, 6) is 1.45. The van der Waals surface area contributed by atoms with Gasteiger partial charge in [0.2, 0.25) is 11.8 Å². The molecule has 8 nitrogen and oxygen atoms in total. The van der Waals surface area contributed by atoms with Crippen molar-refractivity contribution in [2.45, 2.75) is 46.2 Å². The first kappa shape index (κ1) is 22.1. The maximum absolute atomic E-state index is 12.9. The molecule has 1 aliphatic rings. The highest BCUT2D eigenvalue weighted by molar-refractivity contribution is 5.82. The van der Waals surface area contributed by atoms with Crippen LogP contribution in [0, 0.1) is 13.8 Å². The SMILES string of the molecule is Cc1noc(C)c1CC(=O)N1CCN(C(C)C(=O)NC(C)c2cc3ccccc3o2)CC1. The molecular weight excluding hydrogens is 408 g/mol. The molecule has 32 heavy (non-hydrogen) atoms. The number of nitrogens with one attached hydrogen (secondary N) is 1. The number of para-hydroxylation sites is 1. The number of hydrogen-bond acceptors (Lipinski definition) is 6. The van der Waals surface area contributed by atoms with Crippen molar-refractivity contribution in [1.82, 2.24) is 20.3 Å². The smallest absolute Gasteiger partial charge is 0.237 e. The fourth-order valence-corrected chi connectivity index (χ4v) is 4.16. The van der Waals surface area contributed by atoms with Gasteiger partial charge in [0, 0.05) is 37.1 Å². The fourth-order valence-electron chi connectivity index (χ4n) is 4.16. The Hall–Kier alpha value is -3.13. The van der Waals surface area contributed by atoms with Crippen LogP contribution in [0.2, 0.25) is 0 Å². The van der Waals surface area contributed by atoms with Crippen LogP contribution in [-0.4, -0.2) is 59.0 Å². The molecule has 1 fully saturated rings. The molecule has 2 aromatic heterocycles. The minimum Gasteiger partial charge on any atom is -0.459 e. The quantitative estimate of drug-likeness (QED) is 0.636. The maximum atomic E-state index is 12.9. The number of carbonyl (C=O) groups excluding carboxylic acids is 2. The Morgan fingerprint density at radius 2 is 1.84 bits per heavy atom. The molecule has 0 spiro atoms. The van der Waals surface area contributed by atoms with E-state index in [1.54, 1.807) is 0 Å². The first-order valence-corrected chi connectivity index (χ1v) is 11.1. The predicted octanol–water partition coefficient (Wildman–Crippen LogP) is 2.99. The summed E-state index contributed by atoms with van der Waals surface area (Å²) in [6.45, 7) is 10.0. The molecule has 0 bridgehead atoms. The molecule has 170 valence electrons. The number of fused-ring (bicyclic) bond motifs is 1. The molecule has 3 heterocycles. The van der Waals surface area contributed by atoms with Gasteiger partial charge in [0.05, 0.1) is 24.2 Å². The summed E-state index contributed by atoms with van der Waals surface area (Å²) in [7, 11) is 0. The molecule has 2 unspecified atom stereocenters. The van der Waals surface area contributed by atoms with Crippen LogP contribution in [0.1, 0.15) is 42.7 Å². The first-order chi connectivity index (χ1) is 15.3. The molecule has 2 amide bonds. The van der Waals surface area contributed by atoms with E-state index < -0.39 is 0 Å². The molecule has 0 aliphatic carbocycles. The highest BCUT2D eigenvalue weighted by Gasteiger charge is 2.29. The van der Waals surface area contributed by atoms with Crippen LogP contribution in [0.5, 0.6) is 0 Å². The number of hydrogen-bond donors (Lipinski definition) is 1. The number of piperazine rings is 1. The van der Waals surface area contributed by atoms with Gasteiger partial charge in [-0.1, -0.05) is 23.4 Å². The first-order valence-electron chi connectivity index (χ1n) is 11.1. The summed E-state index contributed by atoms with van der Waals surface area (Å²) in [6.07, 6.45) is 0.298. The zero-order valence-electron chi connectivity index (χ0n) is 19.1. The van der Waals surface area contributed by atoms with E-state index in [9.17, 15) is 9.59 Å². The lowest BCUT2D eigenvalue weighted by atomic mass is 10.1. The Morgan fingerprint density at radius 3 is 2.50 bits per heavy atom. The second kappa shape index (κ2) is 9.16. The van der Waals surface area contributed by atoms with Gasteiger partial charge >= 0.3 is 0 Å². The summed E-state index contributed by atoms with van der Waals surface area (Å²) in [5, 5.41) is 8.00. The number of carbonyl (C=O) groups is 2. The van der Waals surface area contributed by atoms with Gasteiger partial charge < -0.3 is 19.2 Å². The number of aryl methyl sites for hydroxylation is 2. The third kappa shape index (κ3) is 4.55. The summed E-state index contributed by atoms with van der Waals surface area (Å²) in [6, 6.07) is 9.26. The van der Waals surface area contributed by atoms with Gasteiger partial charge in [-0.2, -0.15) is 0 Å². The van der Waals surface area contributed by atoms with E-state index in [2.05, 4.69) is 15.4 Å². The number of aromatic nitrogens is 1. The van der Waals surface area contributed by atoms with E-state index in [-0.39, 0.29) is 23.9 Å². The van der Waals surface area contributed by atoms with E-state index >= 15 is 0 Å². The van der Waals surface area contributed by atoms with E-state index in [0.717, 1.165) is 28.0 Å². The monoisotopic (exact) mass is 438 g/mol. The lowest BCUT2D eigenvalue weighted by molar-refractivity contribution is -0.133. The maximum Gasteiger partial charge on any atom is 0.237 e. The second-order valence-corrected chi connectivity index (χ2v) is 8.49. The molecule has 4 rings (SSSR count). The highest BCUT2D eigenvalue weighted by atomic mass is 16.5. The average Bonchev–Trinajstić information content (AvgIpc) is 3.37. The Morgan fingerprint density at radius 1 is 1.12 bits per heavy atom. The standard InChI is InChI=1S/C24H30N4O4/c1-15-20(18(4)32-26-15)14-23(29)28-11-9-27(10-12-28)17(3)24(30)25-16(2)22-13-19-7-5-6-8-21(19)31-22/h5-8,13,16-17H,9-12,14H2,1-4H3,(H,25,30). The molecule has 8 heteroatoms. The lowest BCUT2D eigenvalue weighted by Gasteiger charge is -2.37. The number of furan rings is 1. The summed E-state index contributed by atoms with van der Waals surface area (Å²) in [5.41, 5.74) is 2.44. The van der Waals surface area contributed by atoms with E-state index in [1.807, 2.05) is 62.9 Å². The molecule has 1 saturated heterocycles. The van der Waals surface area contributed by atoms with Gasteiger partial charge in [-0.15, -0.1) is 0 Å². The molecule has 1 N–H and O–H groups in total. The van der Waals surface area contributed by atoms with Crippen LogP contribution in [0.3, 0.4) is 0 Å². The van der Waals surface area contributed by atoms with E-state index in [0.29, 0.717) is 38.4 Å². The van der Waals surface area contributed by atoms with Crippen molar-refractivity contribution in [3.63, 3.8) is 0 Å². The number of amides is 2. The number of rotatable bonds is 6. The summed E-state index contributed by atoms with van der Waals surface area (Å²) < 4.78 is 11.0. The van der Waals surface area contributed by atoms with Crippen molar-refractivity contribution < 1.29 is 18.5 Å². The Kier molecular flexibility index (Phi) is 6.32.